The predicted octanol–water partition coefficient (Wildman–Crippen LogP) is 5.57. The van der Waals surface area contributed by atoms with E-state index >= 15 is 0 Å². The van der Waals surface area contributed by atoms with Gasteiger partial charge in [0.15, 0.2) is 0 Å². The minimum Gasteiger partial charge on any atom is -0.490 e. The number of rotatable bonds is 2. The van der Waals surface area contributed by atoms with Crippen molar-refractivity contribution in [3.63, 3.8) is 0 Å². The molecule has 2 aromatic rings. The lowest BCUT2D eigenvalue weighted by Crippen LogP contribution is -2.63. The summed E-state index contributed by atoms with van der Waals surface area (Å²) >= 11 is 6.51. The van der Waals surface area contributed by atoms with Gasteiger partial charge in [0.1, 0.15) is 5.75 Å². The molecule has 54 heavy (non-hydrogen) atoms. The zero-order valence-corrected chi connectivity index (χ0v) is 33.8. The zero-order chi connectivity index (χ0) is 37.8. The molecule has 0 aromatic heterocycles. The molecule has 2 bridgehead atoms. The van der Waals surface area contributed by atoms with E-state index in [9.17, 15) is 18.0 Å². The Morgan fingerprint density at radius 2 is 1.81 bits per heavy atom. The number of amides is 2. The van der Waals surface area contributed by atoms with Crippen LogP contribution in [0.3, 0.4) is 0 Å². The van der Waals surface area contributed by atoms with Crippen molar-refractivity contribution in [3.05, 3.63) is 58.1 Å². The molecule has 8 rings (SSSR count). The summed E-state index contributed by atoms with van der Waals surface area (Å²) in [5.74, 6) is 1.78. The summed E-state index contributed by atoms with van der Waals surface area (Å²) in [6.45, 7) is 14.3. The Balaban J connectivity index is 1.12. The second-order valence-corrected chi connectivity index (χ2v) is 20.0. The first-order chi connectivity index (χ1) is 25.9. The molecule has 1 saturated carbocycles. The van der Waals surface area contributed by atoms with E-state index in [0.717, 1.165) is 114 Å². The first kappa shape index (κ1) is 38.0. The van der Waals surface area contributed by atoms with Gasteiger partial charge in [0.05, 0.1) is 17.5 Å². The molecular weight excluding hydrogens is 722 g/mol. The van der Waals surface area contributed by atoms with Crippen LogP contribution in [0.5, 0.6) is 5.75 Å². The summed E-state index contributed by atoms with van der Waals surface area (Å²) in [5.41, 5.74) is 3.56. The standard InChI is InChI=1S/C42H58ClN5O5S/c1-28-6-4-7-33(22-45-16-17-46-18-19-47(30(3)49)25-36(46)24-45)37-12-9-34(37)23-48-26-42(15-5-8-31-20-35(43)11-13-38(31)42)27-53-40-14-10-32(21-39(40)48)41(50)44-54(51,52)29(28)2/h10-11,13-14,20-21,28-29,33-34,36-37H,4-9,12,15-19,22-27H2,1-3H3,(H,44,50)/t28-,29+,33+,34-,36-,37-,42-/m0/s1. The molecule has 7 atom stereocenters. The number of benzene rings is 2. The van der Waals surface area contributed by atoms with Gasteiger partial charge < -0.3 is 19.4 Å². The molecule has 1 N–H and O–H groups in total. The van der Waals surface area contributed by atoms with Crippen molar-refractivity contribution >= 4 is 39.1 Å². The second-order valence-electron chi connectivity index (χ2n) is 17.6. The molecule has 2 aromatic carbocycles. The topological polar surface area (TPSA) is 102 Å². The second kappa shape index (κ2) is 15.2. The largest absolute Gasteiger partial charge is 0.490 e. The Morgan fingerprint density at radius 1 is 0.981 bits per heavy atom. The maximum atomic E-state index is 13.6. The number of nitrogens with zero attached hydrogens (tertiary/aromatic N) is 4. The van der Waals surface area contributed by atoms with Crippen molar-refractivity contribution in [1.29, 1.82) is 0 Å². The van der Waals surface area contributed by atoms with Crippen molar-refractivity contribution in [1.82, 2.24) is 19.4 Å². The highest BCUT2D eigenvalue weighted by Crippen LogP contribution is 2.48. The molecule has 4 heterocycles. The van der Waals surface area contributed by atoms with Crippen LogP contribution in [-0.2, 0) is 26.7 Å². The Labute approximate surface area is 326 Å². The fourth-order valence-corrected chi connectivity index (χ4v) is 12.3. The number of hydrogen-bond donors (Lipinski definition) is 1. The van der Waals surface area contributed by atoms with Crippen LogP contribution in [0.4, 0.5) is 5.69 Å². The number of anilines is 1. The van der Waals surface area contributed by atoms with E-state index in [1.54, 1.807) is 19.9 Å². The van der Waals surface area contributed by atoms with Crippen LogP contribution in [0, 0.1) is 23.7 Å². The van der Waals surface area contributed by atoms with Gasteiger partial charge in [-0.05, 0) is 117 Å². The molecule has 10 nitrogen and oxygen atoms in total. The van der Waals surface area contributed by atoms with Gasteiger partial charge in [0.2, 0.25) is 15.9 Å². The fraction of sp³-hybridized carbons (Fsp3) is 0.667. The predicted molar refractivity (Wildman–Crippen MR) is 213 cm³/mol. The zero-order valence-electron chi connectivity index (χ0n) is 32.3. The lowest BCUT2D eigenvalue weighted by molar-refractivity contribution is -0.133. The average Bonchev–Trinajstić information content (AvgIpc) is 3.28. The normalized spacial score (nSPS) is 33.3. The summed E-state index contributed by atoms with van der Waals surface area (Å²) in [6, 6.07) is 12.1. The van der Waals surface area contributed by atoms with E-state index in [1.807, 2.05) is 30.0 Å². The van der Waals surface area contributed by atoms with Crippen LogP contribution in [-0.4, -0.2) is 112 Å². The van der Waals surface area contributed by atoms with E-state index in [1.165, 1.54) is 24.0 Å². The number of sulfonamides is 1. The molecule has 0 unspecified atom stereocenters. The molecule has 2 aliphatic carbocycles. The highest BCUT2D eigenvalue weighted by molar-refractivity contribution is 7.90. The van der Waals surface area contributed by atoms with Gasteiger partial charge in [-0.1, -0.05) is 31.0 Å². The first-order valence-electron chi connectivity index (χ1n) is 20.5. The van der Waals surface area contributed by atoms with Crippen LogP contribution in [0.25, 0.3) is 0 Å². The van der Waals surface area contributed by atoms with E-state index in [2.05, 4.69) is 31.6 Å². The molecule has 12 heteroatoms. The molecule has 4 aliphatic heterocycles. The van der Waals surface area contributed by atoms with Crippen molar-refractivity contribution in [2.75, 3.05) is 70.4 Å². The lowest BCUT2D eigenvalue weighted by atomic mass is 9.65. The number of halogens is 1. The van der Waals surface area contributed by atoms with Gasteiger partial charge in [0.25, 0.3) is 5.91 Å². The third kappa shape index (κ3) is 7.51. The maximum Gasteiger partial charge on any atom is 0.264 e. The summed E-state index contributed by atoms with van der Waals surface area (Å²) in [7, 11) is -3.90. The van der Waals surface area contributed by atoms with E-state index in [4.69, 9.17) is 16.3 Å². The van der Waals surface area contributed by atoms with Gasteiger partial charge >= 0.3 is 0 Å². The smallest absolute Gasteiger partial charge is 0.264 e. The van der Waals surface area contributed by atoms with Gasteiger partial charge in [0, 0.05) is 87.9 Å². The van der Waals surface area contributed by atoms with Crippen molar-refractivity contribution in [3.8, 4) is 5.75 Å². The van der Waals surface area contributed by atoms with Gasteiger partial charge in [-0.25, -0.2) is 13.1 Å². The van der Waals surface area contributed by atoms with Crippen molar-refractivity contribution in [2.24, 2.45) is 23.7 Å². The summed E-state index contributed by atoms with van der Waals surface area (Å²) in [6.07, 6.45) is 8.21. The number of carbonyl (C=O) groups is 2. The van der Waals surface area contributed by atoms with Crippen LogP contribution in [0.15, 0.2) is 36.4 Å². The van der Waals surface area contributed by atoms with Gasteiger partial charge in [-0.3, -0.25) is 14.5 Å². The number of hydrogen-bond acceptors (Lipinski definition) is 8. The molecule has 3 fully saturated rings. The van der Waals surface area contributed by atoms with E-state index < -0.39 is 21.2 Å². The molecule has 6 aliphatic rings. The number of fused-ring (bicyclic) bond motifs is 5. The number of ether oxygens (including phenoxy) is 1. The number of piperazine rings is 2. The third-order valence-electron chi connectivity index (χ3n) is 14.3. The minimum absolute atomic E-state index is 0.0928. The summed E-state index contributed by atoms with van der Waals surface area (Å²) < 4.78 is 36.4. The van der Waals surface area contributed by atoms with Crippen molar-refractivity contribution in [2.45, 2.75) is 88.8 Å². The molecule has 2 amide bonds. The Hall–Kier alpha value is -2.86. The maximum absolute atomic E-state index is 13.6. The quantitative estimate of drug-likeness (QED) is 0.423. The third-order valence-corrected chi connectivity index (χ3v) is 16.5. The molecular formula is C42H58ClN5O5S. The summed E-state index contributed by atoms with van der Waals surface area (Å²) in [4.78, 5) is 35.7. The Morgan fingerprint density at radius 3 is 2.61 bits per heavy atom. The van der Waals surface area contributed by atoms with Crippen LogP contribution in [0.2, 0.25) is 5.02 Å². The lowest BCUT2D eigenvalue weighted by Gasteiger charge is -2.50. The minimum atomic E-state index is -3.90. The monoisotopic (exact) mass is 779 g/mol. The molecule has 294 valence electrons. The van der Waals surface area contributed by atoms with Crippen LogP contribution < -0.4 is 14.4 Å². The fourth-order valence-electron chi connectivity index (χ4n) is 10.7. The van der Waals surface area contributed by atoms with Gasteiger partial charge in [-0.15, -0.1) is 0 Å². The number of aryl methyl sites for hydroxylation is 1. The van der Waals surface area contributed by atoms with E-state index in [0.29, 0.717) is 36.0 Å². The SMILES string of the molecule is CC(=O)N1CCN2CCN(C[C@H]3CCC[C@H](C)[C@@H](C)S(=O)(=O)NC(=O)c4ccc5c(c4)N(C[C@@H]4CC[C@@H]34)C[C@@]3(CCCc4cc(Cl)ccc43)CO5)C[C@H]2C1. The van der Waals surface area contributed by atoms with Crippen molar-refractivity contribution < 1.29 is 22.7 Å². The van der Waals surface area contributed by atoms with Crippen LogP contribution >= 0.6 is 11.6 Å². The highest BCUT2D eigenvalue weighted by atomic mass is 35.5. The summed E-state index contributed by atoms with van der Waals surface area (Å²) in [5, 5.41) is 0.0561. The number of nitrogens with one attached hydrogen (secondary N) is 1. The Bertz CT molecular complexity index is 1860. The first-order valence-corrected chi connectivity index (χ1v) is 22.4. The Kier molecular flexibility index (Phi) is 10.7. The molecule has 2 saturated heterocycles. The highest BCUT2D eigenvalue weighted by Gasteiger charge is 2.45. The molecule has 1 spiro atoms. The molecule has 0 radical (unpaired) electrons. The van der Waals surface area contributed by atoms with E-state index in [-0.39, 0.29) is 17.2 Å². The average molecular weight is 780 g/mol. The van der Waals surface area contributed by atoms with Gasteiger partial charge in [-0.2, -0.15) is 0 Å². The van der Waals surface area contributed by atoms with Crippen LogP contribution in [0.1, 0.15) is 87.2 Å². The number of carbonyl (C=O) groups excluding carboxylic acids is 2.